The fourth-order valence-corrected chi connectivity index (χ4v) is 0.254. The van der Waals surface area contributed by atoms with Gasteiger partial charge in [0.05, 0.1) is 6.61 Å². The molecule has 0 spiro atoms. The Morgan fingerprint density at radius 1 is 1.11 bits per heavy atom. The van der Waals surface area contributed by atoms with Gasteiger partial charge in [-0.1, -0.05) is 38.5 Å². The number of allylic oxidation sites excluding steroid dienone is 2. The molecule has 0 amide bonds. The second kappa shape index (κ2) is 14.9. The first kappa shape index (κ1) is 21.2. The SMILES string of the molecule is C=C(C)C(=O)O.C=C(C)C(=O)OCC.C=CC=C. The van der Waals surface area contributed by atoms with Crippen LogP contribution in [-0.2, 0) is 14.3 Å². The van der Waals surface area contributed by atoms with E-state index in [2.05, 4.69) is 31.1 Å². The van der Waals surface area contributed by atoms with E-state index in [1.54, 1.807) is 26.0 Å². The molecule has 0 fully saturated rings. The zero-order valence-electron chi connectivity index (χ0n) is 11.4. The van der Waals surface area contributed by atoms with Gasteiger partial charge in [-0.3, -0.25) is 0 Å². The number of carboxylic acids is 1. The highest BCUT2D eigenvalue weighted by atomic mass is 16.5. The van der Waals surface area contributed by atoms with Gasteiger partial charge in [-0.15, -0.1) is 0 Å². The second-order valence-corrected chi connectivity index (χ2v) is 3.06. The summed E-state index contributed by atoms with van der Waals surface area (Å²) in [4.78, 5) is 20.0. The molecule has 0 aromatic rings. The Bertz CT molecular complexity index is 296. The number of aliphatic carboxylic acids is 1. The van der Waals surface area contributed by atoms with E-state index >= 15 is 0 Å². The standard InChI is InChI=1S/C6H10O2.C4H6O2.C4H6/c1-4-8-6(7)5(2)3;1-3(2)4(5)6;1-3-4-2/h2,4H2,1,3H3;1H2,2H3,(H,5,6);3-4H,1-2H2. The summed E-state index contributed by atoms with van der Waals surface area (Å²) >= 11 is 0. The molecule has 0 aliphatic heterocycles. The molecule has 0 aliphatic carbocycles. The van der Waals surface area contributed by atoms with Gasteiger partial charge in [-0.05, 0) is 20.8 Å². The van der Waals surface area contributed by atoms with Crippen LogP contribution >= 0.6 is 0 Å². The van der Waals surface area contributed by atoms with E-state index in [9.17, 15) is 9.59 Å². The largest absolute Gasteiger partial charge is 0.478 e. The molecule has 0 heterocycles. The summed E-state index contributed by atoms with van der Waals surface area (Å²) in [7, 11) is 0. The lowest BCUT2D eigenvalue weighted by atomic mass is 10.4. The average Bonchev–Trinajstić information content (AvgIpc) is 2.30. The van der Waals surface area contributed by atoms with Crippen molar-refractivity contribution < 1.29 is 19.4 Å². The molecule has 0 bridgehead atoms. The van der Waals surface area contributed by atoms with Crippen LogP contribution in [0.2, 0.25) is 0 Å². The van der Waals surface area contributed by atoms with Gasteiger partial charge in [0.1, 0.15) is 0 Å². The lowest BCUT2D eigenvalue weighted by Crippen LogP contribution is -2.03. The van der Waals surface area contributed by atoms with Gasteiger partial charge < -0.3 is 9.84 Å². The Kier molecular flexibility index (Phi) is 17.6. The molecule has 0 saturated heterocycles. The maximum Gasteiger partial charge on any atom is 0.333 e. The molecule has 4 nitrogen and oxygen atoms in total. The van der Waals surface area contributed by atoms with E-state index in [-0.39, 0.29) is 11.5 Å². The normalized spacial score (nSPS) is 7.28. The molecule has 0 aliphatic rings. The Morgan fingerprint density at radius 3 is 1.50 bits per heavy atom. The average molecular weight is 254 g/mol. The van der Waals surface area contributed by atoms with Crippen LogP contribution in [0.3, 0.4) is 0 Å². The fraction of sp³-hybridized carbons (Fsp3) is 0.286. The van der Waals surface area contributed by atoms with E-state index in [0.29, 0.717) is 12.2 Å². The van der Waals surface area contributed by atoms with Gasteiger partial charge >= 0.3 is 11.9 Å². The molecule has 0 atom stereocenters. The van der Waals surface area contributed by atoms with Gasteiger partial charge in [-0.2, -0.15) is 0 Å². The van der Waals surface area contributed by atoms with Gasteiger partial charge in [0.15, 0.2) is 0 Å². The summed E-state index contributed by atoms with van der Waals surface area (Å²) in [6, 6.07) is 0. The molecular weight excluding hydrogens is 232 g/mol. The smallest absolute Gasteiger partial charge is 0.333 e. The van der Waals surface area contributed by atoms with Crippen LogP contribution in [0, 0.1) is 0 Å². The zero-order valence-corrected chi connectivity index (χ0v) is 11.4. The van der Waals surface area contributed by atoms with Crippen LogP contribution in [-0.4, -0.2) is 23.7 Å². The molecule has 0 unspecified atom stereocenters. The fourth-order valence-electron chi connectivity index (χ4n) is 0.254. The minimum atomic E-state index is -0.935. The Hall–Kier alpha value is -2.10. The first-order valence-electron chi connectivity index (χ1n) is 5.19. The van der Waals surface area contributed by atoms with Crippen molar-refractivity contribution in [3.8, 4) is 0 Å². The summed E-state index contributed by atoms with van der Waals surface area (Å²) in [5.41, 5.74) is 0.627. The molecule has 0 saturated carbocycles. The predicted octanol–water partition coefficient (Wildman–Crippen LogP) is 3.13. The first-order valence-corrected chi connectivity index (χ1v) is 5.19. The van der Waals surface area contributed by atoms with Crippen LogP contribution in [0.4, 0.5) is 0 Å². The van der Waals surface area contributed by atoms with Crippen molar-refractivity contribution in [3.63, 3.8) is 0 Å². The number of rotatable bonds is 4. The highest BCUT2D eigenvalue weighted by Crippen LogP contribution is 1.89. The summed E-state index contributed by atoms with van der Waals surface area (Å²) in [6.07, 6.45) is 3.28. The van der Waals surface area contributed by atoms with E-state index in [1.165, 1.54) is 6.92 Å². The molecule has 0 aromatic heterocycles. The van der Waals surface area contributed by atoms with Crippen LogP contribution in [0.25, 0.3) is 0 Å². The molecule has 1 N–H and O–H groups in total. The Morgan fingerprint density at radius 2 is 1.44 bits per heavy atom. The van der Waals surface area contributed by atoms with Crippen molar-refractivity contribution in [3.05, 3.63) is 49.6 Å². The van der Waals surface area contributed by atoms with Crippen molar-refractivity contribution in [1.29, 1.82) is 0 Å². The van der Waals surface area contributed by atoms with E-state index in [0.717, 1.165) is 0 Å². The molecule has 18 heavy (non-hydrogen) atoms. The Balaban J connectivity index is -0.000000200. The topological polar surface area (TPSA) is 63.6 Å². The van der Waals surface area contributed by atoms with Crippen LogP contribution in [0.15, 0.2) is 49.6 Å². The number of carboxylic acid groups (broad SMARTS) is 1. The molecule has 0 aromatic carbocycles. The van der Waals surface area contributed by atoms with Gasteiger partial charge in [0.25, 0.3) is 0 Å². The van der Waals surface area contributed by atoms with Crippen molar-refractivity contribution in [2.75, 3.05) is 6.61 Å². The predicted molar refractivity (Wildman–Crippen MR) is 74.3 cm³/mol. The lowest BCUT2D eigenvalue weighted by molar-refractivity contribution is -0.138. The third-order valence-electron chi connectivity index (χ3n) is 1.16. The van der Waals surface area contributed by atoms with Gasteiger partial charge in [-0.25, -0.2) is 9.59 Å². The molecule has 102 valence electrons. The monoisotopic (exact) mass is 254 g/mol. The van der Waals surface area contributed by atoms with Crippen LogP contribution in [0.1, 0.15) is 20.8 Å². The van der Waals surface area contributed by atoms with E-state index in [1.807, 2.05) is 0 Å². The van der Waals surface area contributed by atoms with Gasteiger partial charge in [0.2, 0.25) is 0 Å². The summed E-state index contributed by atoms with van der Waals surface area (Å²) in [5.74, 6) is -1.25. The molecule has 4 heteroatoms. The minimum absolute atomic E-state index is 0.176. The maximum atomic E-state index is 10.4. The van der Waals surface area contributed by atoms with E-state index < -0.39 is 5.97 Å². The maximum absolute atomic E-state index is 10.4. The van der Waals surface area contributed by atoms with Crippen molar-refractivity contribution in [2.45, 2.75) is 20.8 Å². The van der Waals surface area contributed by atoms with E-state index in [4.69, 9.17) is 5.11 Å². The second-order valence-electron chi connectivity index (χ2n) is 3.06. The number of esters is 1. The third-order valence-corrected chi connectivity index (χ3v) is 1.16. The number of carbonyl (C=O) groups excluding carboxylic acids is 1. The number of carbonyl (C=O) groups is 2. The number of hydrogen-bond acceptors (Lipinski definition) is 3. The Labute approximate surface area is 109 Å². The quantitative estimate of drug-likeness (QED) is 0.475. The highest BCUT2D eigenvalue weighted by molar-refractivity contribution is 5.86. The lowest BCUT2D eigenvalue weighted by Gasteiger charge is -1.96. The summed E-state index contributed by atoms with van der Waals surface area (Å²) in [5, 5.41) is 7.89. The molecule has 0 radical (unpaired) electrons. The van der Waals surface area contributed by atoms with Gasteiger partial charge in [0, 0.05) is 11.1 Å². The zero-order chi connectivity index (χ0) is 15.1. The third kappa shape index (κ3) is 23.6. The first-order chi connectivity index (χ1) is 8.24. The van der Waals surface area contributed by atoms with Crippen molar-refractivity contribution >= 4 is 11.9 Å². The van der Waals surface area contributed by atoms with Crippen LogP contribution < -0.4 is 0 Å². The summed E-state index contributed by atoms with van der Waals surface area (Å²) < 4.78 is 4.56. The molecule has 0 rings (SSSR count). The van der Waals surface area contributed by atoms with Crippen molar-refractivity contribution in [1.82, 2.24) is 0 Å². The highest BCUT2D eigenvalue weighted by Gasteiger charge is 1.98. The minimum Gasteiger partial charge on any atom is -0.478 e. The summed E-state index contributed by atoms with van der Waals surface area (Å²) in [6.45, 7) is 18.5. The van der Waals surface area contributed by atoms with Crippen LogP contribution in [0.5, 0.6) is 0 Å². The number of hydrogen-bond donors (Lipinski definition) is 1. The number of ether oxygens (including phenoxy) is 1. The van der Waals surface area contributed by atoms with Crippen molar-refractivity contribution in [2.24, 2.45) is 0 Å². The molecular formula is C14H22O4.